The molecule has 1 unspecified atom stereocenters. The van der Waals surface area contributed by atoms with E-state index in [-0.39, 0.29) is 11.9 Å². The number of hydrogen-bond acceptors (Lipinski definition) is 4. The number of benzene rings is 1. The third-order valence-electron chi connectivity index (χ3n) is 4.32. The highest BCUT2D eigenvalue weighted by Crippen LogP contribution is 2.30. The SMILES string of the molecule is CC(c1ccccc1F)N1CCN(S(=O)(=O)c2ccc(Br)s2)CC1. The second-order valence-corrected chi connectivity index (χ2v) is 10.3. The molecule has 2 heterocycles. The molecule has 0 radical (unpaired) electrons. The number of rotatable bonds is 4. The molecule has 2 aromatic rings. The van der Waals surface area contributed by atoms with Crippen molar-refractivity contribution in [2.24, 2.45) is 0 Å². The van der Waals surface area contributed by atoms with Gasteiger partial charge < -0.3 is 0 Å². The summed E-state index contributed by atoms with van der Waals surface area (Å²) in [6, 6.07) is 10.0. The predicted molar refractivity (Wildman–Crippen MR) is 97.2 cm³/mol. The number of piperazine rings is 1. The highest BCUT2D eigenvalue weighted by molar-refractivity contribution is 9.11. The van der Waals surface area contributed by atoms with Gasteiger partial charge in [-0.3, -0.25) is 4.90 Å². The lowest BCUT2D eigenvalue weighted by atomic mass is 10.1. The lowest BCUT2D eigenvalue weighted by Gasteiger charge is -2.37. The summed E-state index contributed by atoms with van der Waals surface area (Å²) < 4.78 is 41.9. The molecule has 0 aliphatic carbocycles. The zero-order valence-corrected chi connectivity index (χ0v) is 16.4. The minimum atomic E-state index is -3.44. The zero-order valence-electron chi connectivity index (χ0n) is 13.2. The molecule has 0 amide bonds. The van der Waals surface area contributed by atoms with Crippen LogP contribution >= 0.6 is 27.3 Å². The van der Waals surface area contributed by atoms with Crippen LogP contribution in [0.1, 0.15) is 18.5 Å². The van der Waals surface area contributed by atoms with Crippen LogP contribution in [0, 0.1) is 5.82 Å². The molecule has 1 aromatic carbocycles. The molecule has 1 aliphatic heterocycles. The summed E-state index contributed by atoms with van der Waals surface area (Å²) in [5.74, 6) is -0.219. The quantitative estimate of drug-likeness (QED) is 0.738. The van der Waals surface area contributed by atoms with Crippen LogP contribution in [0.2, 0.25) is 0 Å². The Balaban J connectivity index is 1.69. The van der Waals surface area contributed by atoms with E-state index in [1.165, 1.54) is 21.7 Å². The van der Waals surface area contributed by atoms with Crippen LogP contribution in [-0.4, -0.2) is 43.8 Å². The minimum Gasteiger partial charge on any atom is -0.294 e. The van der Waals surface area contributed by atoms with E-state index in [1.54, 1.807) is 24.3 Å². The van der Waals surface area contributed by atoms with Crippen molar-refractivity contribution in [3.8, 4) is 0 Å². The second kappa shape index (κ2) is 7.21. The van der Waals surface area contributed by atoms with Crippen LogP contribution in [0.5, 0.6) is 0 Å². The van der Waals surface area contributed by atoms with Crippen LogP contribution in [0.25, 0.3) is 0 Å². The van der Waals surface area contributed by atoms with Crippen LogP contribution in [0.3, 0.4) is 0 Å². The van der Waals surface area contributed by atoms with Crippen molar-refractivity contribution in [2.75, 3.05) is 26.2 Å². The number of nitrogens with zero attached hydrogens (tertiary/aromatic N) is 2. The van der Waals surface area contributed by atoms with Crippen molar-refractivity contribution < 1.29 is 12.8 Å². The summed E-state index contributed by atoms with van der Waals surface area (Å²) in [7, 11) is -3.44. The molecular formula is C16H18BrFN2O2S2. The summed E-state index contributed by atoms with van der Waals surface area (Å²) in [4.78, 5) is 2.12. The first kappa shape index (κ1) is 18.0. The van der Waals surface area contributed by atoms with E-state index in [1.807, 2.05) is 13.0 Å². The highest BCUT2D eigenvalue weighted by atomic mass is 79.9. The van der Waals surface area contributed by atoms with E-state index in [4.69, 9.17) is 0 Å². The second-order valence-electron chi connectivity index (χ2n) is 5.70. The van der Waals surface area contributed by atoms with Crippen molar-refractivity contribution in [3.05, 3.63) is 51.6 Å². The molecule has 1 aliphatic rings. The Morgan fingerprint density at radius 1 is 1.12 bits per heavy atom. The smallest absolute Gasteiger partial charge is 0.252 e. The van der Waals surface area contributed by atoms with Gasteiger partial charge in [0.1, 0.15) is 10.0 Å². The zero-order chi connectivity index (χ0) is 17.3. The Hall–Kier alpha value is -0.800. The molecule has 1 saturated heterocycles. The fourth-order valence-corrected chi connectivity index (χ4v) is 6.49. The summed E-state index contributed by atoms with van der Waals surface area (Å²) in [6.07, 6.45) is 0. The maximum Gasteiger partial charge on any atom is 0.252 e. The van der Waals surface area contributed by atoms with Gasteiger partial charge in [0.2, 0.25) is 0 Å². The summed E-state index contributed by atoms with van der Waals surface area (Å²) in [5.41, 5.74) is 0.649. The molecule has 0 spiro atoms. The Morgan fingerprint density at radius 3 is 2.38 bits per heavy atom. The predicted octanol–water partition coefficient (Wildman–Crippen LogP) is 3.72. The van der Waals surface area contributed by atoms with E-state index in [2.05, 4.69) is 20.8 Å². The first-order chi connectivity index (χ1) is 11.4. The number of halogens is 2. The third kappa shape index (κ3) is 3.57. The van der Waals surface area contributed by atoms with E-state index in [0.29, 0.717) is 36.0 Å². The molecule has 1 fully saturated rings. The average Bonchev–Trinajstić information content (AvgIpc) is 3.02. The maximum absolute atomic E-state index is 13.9. The van der Waals surface area contributed by atoms with Gasteiger partial charge in [0, 0.05) is 37.8 Å². The molecule has 24 heavy (non-hydrogen) atoms. The third-order valence-corrected chi connectivity index (χ3v) is 8.31. The minimum absolute atomic E-state index is 0.0769. The van der Waals surface area contributed by atoms with E-state index < -0.39 is 10.0 Å². The lowest BCUT2D eigenvalue weighted by molar-refractivity contribution is 0.144. The Morgan fingerprint density at radius 2 is 1.79 bits per heavy atom. The van der Waals surface area contributed by atoms with Crippen LogP contribution in [0.4, 0.5) is 4.39 Å². The lowest BCUT2D eigenvalue weighted by Crippen LogP contribution is -2.49. The summed E-state index contributed by atoms with van der Waals surface area (Å²) in [5, 5.41) is 0. The molecule has 3 rings (SSSR count). The first-order valence-corrected chi connectivity index (χ1v) is 10.7. The number of thiophene rings is 1. The van der Waals surface area contributed by atoms with Gasteiger partial charge in [-0.25, -0.2) is 12.8 Å². The van der Waals surface area contributed by atoms with Crippen molar-refractivity contribution in [2.45, 2.75) is 17.2 Å². The summed E-state index contributed by atoms with van der Waals surface area (Å²) >= 11 is 4.52. The monoisotopic (exact) mass is 432 g/mol. The molecule has 1 atom stereocenters. The van der Waals surface area contributed by atoms with Gasteiger partial charge in [-0.05, 0) is 41.1 Å². The molecule has 4 nitrogen and oxygen atoms in total. The van der Waals surface area contributed by atoms with Crippen LogP contribution in [-0.2, 0) is 10.0 Å². The molecule has 1 aromatic heterocycles. The van der Waals surface area contributed by atoms with Crippen LogP contribution < -0.4 is 0 Å². The van der Waals surface area contributed by atoms with Gasteiger partial charge in [-0.1, -0.05) is 18.2 Å². The van der Waals surface area contributed by atoms with E-state index in [9.17, 15) is 12.8 Å². The normalized spacial score (nSPS) is 18.6. The Bertz CT molecular complexity index is 817. The first-order valence-electron chi connectivity index (χ1n) is 7.63. The number of hydrogen-bond donors (Lipinski definition) is 0. The van der Waals surface area contributed by atoms with E-state index in [0.717, 1.165) is 3.79 Å². The Kier molecular flexibility index (Phi) is 5.41. The fraction of sp³-hybridized carbons (Fsp3) is 0.375. The number of sulfonamides is 1. The van der Waals surface area contributed by atoms with Gasteiger partial charge in [0.25, 0.3) is 10.0 Å². The van der Waals surface area contributed by atoms with E-state index >= 15 is 0 Å². The van der Waals surface area contributed by atoms with Gasteiger partial charge in [0.15, 0.2) is 0 Å². The summed E-state index contributed by atoms with van der Waals surface area (Å²) in [6.45, 7) is 3.95. The molecule has 8 heteroatoms. The highest BCUT2D eigenvalue weighted by Gasteiger charge is 2.31. The van der Waals surface area contributed by atoms with Gasteiger partial charge >= 0.3 is 0 Å². The van der Waals surface area contributed by atoms with Crippen molar-refractivity contribution in [3.63, 3.8) is 0 Å². The molecule has 0 bridgehead atoms. The maximum atomic E-state index is 13.9. The molecule has 0 N–H and O–H groups in total. The molecule has 130 valence electrons. The van der Waals surface area contributed by atoms with Gasteiger partial charge in [-0.2, -0.15) is 4.31 Å². The Labute approximate surface area is 154 Å². The largest absolute Gasteiger partial charge is 0.294 e. The van der Waals surface area contributed by atoms with Gasteiger partial charge in [-0.15, -0.1) is 11.3 Å². The van der Waals surface area contributed by atoms with Crippen molar-refractivity contribution in [1.29, 1.82) is 0 Å². The molecule has 0 saturated carbocycles. The topological polar surface area (TPSA) is 40.6 Å². The van der Waals surface area contributed by atoms with Gasteiger partial charge in [0.05, 0.1) is 3.79 Å². The van der Waals surface area contributed by atoms with Crippen molar-refractivity contribution >= 4 is 37.3 Å². The average molecular weight is 433 g/mol. The van der Waals surface area contributed by atoms with Crippen LogP contribution in [0.15, 0.2) is 44.4 Å². The standard InChI is InChI=1S/C16H18BrFN2O2S2/c1-12(13-4-2-3-5-14(13)18)19-8-10-20(11-9-19)24(21,22)16-7-6-15(17)23-16/h2-7,12H,8-11H2,1H3. The molecular weight excluding hydrogens is 415 g/mol. The van der Waals surface area contributed by atoms with Crippen molar-refractivity contribution in [1.82, 2.24) is 9.21 Å². The fourth-order valence-electron chi connectivity index (χ4n) is 2.91.